The third kappa shape index (κ3) is 3.45. The Labute approximate surface area is 186 Å². The van der Waals surface area contributed by atoms with Crippen LogP contribution >= 0.6 is 0 Å². The van der Waals surface area contributed by atoms with Gasteiger partial charge >= 0.3 is 0 Å². The van der Waals surface area contributed by atoms with E-state index in [4.69, 9.17) is 15.7 Å². The first-order chi connectivity index (χ1) is 15.5. The number of piperidine rings is 1. The quantitative estimate of drug-likeness (QED) is 0.560. The Morgan fingerprint density at radius 1 is 1.19 bits per heavy atom. The maximum Gasteiger partial charge on any atom is 0.252 e. The number of amides is 1. The van der Waals surface area contributed by atoms with Crippen LogP contribution in [-0.2, 0) is 4.79 Å². The van der Waals surface area contributed by atoms with Crippen molar-refractivity contribution in [1.82, 2.24) is 20.2 Å². The van der Waals surface area contributed by atoms with E-state index >= 15 is 0 Å². The van der Waals surface area contributed by atoms with Gasteiger partial charge < -0.3 is 25.5 Å². The fourth-order valence-electron chi connectivity index (χ4n) is 4.53. The number of carbonyl (C=O) groups excluding carboxylic acids is 1. The van der Waals surface area contributed by atoms with Gasteiger partial charge in [0.15, 0.2) is 17.0 Å². The monoisotopic (exact) mass is 436 g/mol. The Morgan fingerprint density at radius 2 is 1.94 bits per heavy atom. The molecule has 10 heteroatoms. The summed E-state index contributed by atoms with van der Waals surface area (Å²) in [5, 5.41) is 16.9. The molecule has 1 aromatic carbocycles. The molecule has 0 spiro atoms. The fourth-order valence-corrected chi connectivity index (χ4v) is 4.53. The minimum atomic E-state index is -0.519. The summed E-state index contributed by atoms with van der Waals surface area (Å²) in [7, 11) is 0. The van der Waals surface area contributed by atoms with E-state index in [0.29, 0.717) is 36.6 Å². The number of aliphatic hydroxyl groups excluding tert-OH is 1. The number of carbonyl (C=O) groups is 1. The first kappa shape index (κ1) is 20.7. The normalized spacial score (nSPS) is 18.2. The zero-order valence-corrected chi connectivity index (χ0v) is 18.2. The highest BCUT2D eigenvalue weighted by molar-refractivity contribution is 6.00. The van der Waals surface area contributed by atoms with E-state index in [1.54, 1.807) is 4.90 Å². The molecule has 1 amide bonds. The van der Waals surface area contributed by atoms with E-state index in [1.165, 1.54) is 0 Å². The van der Waals surface area contributed by atoms with Crippen molar-refractivity contribution in [1.29, 1.82) is 0 Å². The lowest BCUT2D eigenvalue weighted by Crippen LogP contribution is -2.43. The lowest BCUT2D eigenvalue weighted by atomic mass is 9.80. The van der Waals surface area contributed by atoms with Crippen molar-refractivity contribution in [2.24, 2.45) is 11.1 Å². The number of hydrogen-bond acceptors (Lipinski definition) is 8. The Balaban J connectivity index is 1.44. The minimum absolute atomic E-state index is 0.197. The molecule has 1 saturated heterocycles. The highest BCUT2D eigenvalue weighted by Crippen LogP contribution is 2.39. The summed E-state index contributed by atoms with van der Waals surface area (Å²) in [6, 6.07) is 7.61. The van der Waals surface area contributed by atoms with E-state index in [2.05, 4.69) is 22.0 Å². The van der Waals surface area contributed by atoms with Gasteiger partial charge in [-0.05, 0) is 36.9 Å². The summed E-state index contributed by atoms with van der Waals surface area (Å²) in [6.45, 7) is 5.22. The van der Waals surface area contributed by atoms with Gasteiger partial charge in [-0.15, -0.1) is 0 Å². The number of nitrogens with two attached hydrogens (primary N) is 1. The van der Waals surface area contributed by atoms with Gasteiger partial charge in [0.1, 0.15) is 12.4 Å². The minimum Gasteiger partial charge on any atom is -0.387 e. The summed E-state index contributed by atoms with van der Waals surface area (Å²) in [5.74, 6) is 1.20. The lowest BCUT2D eigenvalue weighted by molar-refractivity contribution is -0.121. The number of nitrogens with one attached hydrogen (secondary N) is 1. The van der Waals surface area contributed by atoms with Crippen molar-refractivity contribution in [2.75, 3.05) is 54.0 Å². The molecule has 168 valence electrons. The maximum absolute atomic E-state index is 12.2. The van der Waals surface area contributed by atoms with Crippen molar-refractivity contribution < 1.29 is 9.90 Å². The second-order valence-corrected chi connectivity index (χ2v) is 8.82. The smallest absolute Gasteiger partial charge is 0.252 e. The number of anilines is 4. The Bertz CT molecular complexity index is 1140. The summed E-state index contributed by atoms with van der Waals surface area (Å²) in [5.41, 5.74) is 9.05. The summed E-state index contributed by atoms with van der Waals surface area (Å²) in [6.07, 6.45) is 3.88. The van der Waals surface area contributed by atoms with Gasteiger partial charge in [-0.25, -0.2) is 9.97 Å². The zero-order chi connectivity index (χ0) is 22.3. The van der Waals surface area contributed by atoms with Crippen LogP contribution in [0, 0.1) is 5.41 Å². The van der Waals surface area contributed by atoms with Crippen molar-refractivity contribution in [3.05, 3.63) is 30.5 Å². The first-order valence-electron chi connectivity index (χ1n) is 11.0. The molecule has 0 radical (unpaired) electrons. The molecule has 4 heterocycles. The Hall–Kier alpha value is -3.24. The van der Waals surface area contributed by atoms with Crippen LogP contribution in [0.2, 0.25) is 0 Å². The highest BCUT2D eigenvalue weighted by Gasteiger charge is 2.31. The van der Waals surface area contributed by atoms with Crippen LogP contribution in [-0.4, -0.2) is 70.5 Å². The van der Waals surface area contributed by atoms with Gasteiger partial charge in [-0.3, -0.25) is 9.89 Å². The molecule has 2 aliphatic rings. The Morgan fingerprint density at radius 3 is 2.66 bits per heavy atom. The van der Waals surface area contributed by atoms with Crippen LogP contribution < -0.4 is 20.4 Å². The standard InChI is InChI=1S/C22H28N8O2/c1-22(14-23)6-8-28(9-7-22)17-12-24-19-20(25-17)26-27-21(19)30-11-10-29(18(32)13-31)15-4-2-3-5-16(15)30/h2-5,12,31H,6-11,13-14,23H2,1H3,(H,25,26,27). The molecule has 10 nitrogen and oxygen atoms in total. The number of para-hydroxylation sites is 2. The van der Waals surface area contributed by atoms with Gasteiger partial charge in [0.2, 0.25) is 0 Å². The molecule has 32 heavy (non-hydrogen) atoms. The van der Waals surface area contributed by atoms with Crippen LogP contribution in [0.5, 0.6) is 0 Å². The van der Waals surface area contributed by atoms with Gasteiger partial charge in [-0.2, -0.15) is 5.10 Å². The van der Waals surface area contributed by atoms with Gasteiger partial charge in [0.05, 0.1) is 17.6 Å². The molecule has 3 aromatic rings. The average molecular weight is 437 g/mol. The molecule has 0 saturated carbocycles. The molecule has 2 aromatic heterocycles. The van der Waals surface area contributed by atoms with Crippen LogP contribution in [0.25, 0.3) is 11.2 Å². The molecular weight excluding hydrogens is 408 g/mol. The number of nitrogens with zero attached hydrogens (tertiary/aromatic N) is 6. The molecular formula is C22H28N8O2. The first-order valence-corrected chi connectivity index (χ1v) is 11.0. The topological polar surface area (TPSA) is 128 Å². The number of aliphatic hydroxyl groups is 1. The van der Waals surface area contributed by atoms with E-state index in [-0.39, 0.29) is 11.3 Å². The molecule has 0 atom stereocenters. The van der Waals surface area contributed by atoms with Crippen LogP contribution in [0.15, 0.2) is 30.5 Å². The second kappa shape index (κ2) is 8.03. The van der Waals surface area contributed by atoms with Crippen LogP contribution in [0.1, 0.15) is 19.8 Å². The second-order valence-electron chi connectivity index (χ2n) is 8.82. The third-order valence-corrected chi connectivity index (χ3v) is 6.73. The number of aromatic amines is 1. The largest absolute Gasteiger partial charge is 0.387 e. The van der Waals surface area contributed by atoms with Crippen molar-refractivity contribution in [3.63, 3.8) is 0 Å². The molecule has 2 aliphatic heterocycles. The van der Waals surface area contributed by atoms with Gasteiger partial charge in [0, 0.05) is 26.2 Å². The third-order valence-electron chi connectivity index (χ3n) is 6.73. The number of aromatic nitrogens is 4. The van der Waals surface area contributed by atoms with E-state index in [0.717, 1.165) is 43.1 Å². The van der Waals surface area contributed by atoms with Crippen LogP contribution in [0.3, 0.4) is 0 Å². The van der Waals surface area contributed by atoms with E-state index in [9.17, 15) is 9.90 Å². The molecule has 0 aliphatic carbocycles. The fraction of sp³-hybridized carbons (Fsp3) is 0.455. The SMILES string of the molecule is CC1(CN)CCN(c2cnc3c(N4CCN(C(=O)CO)c5ccccc54)n[nH]c3n2)CC1. The maximum atomic E-state index is 12.2. The highest BCUT2D eigenvalue weighted by atomic mass is 16.3. The Kier molecular flexibility index (Phi) is 5.18. The summed E-state index contributed by atoms with van der Waals surface area (Å²) in [4.78, 5) is 27.6. The zero-order valence-electron chi connectivity index (χ0n) is 18.2. The number of rotatable bonds is 4. The van der Waals surface area contributed by atoms with E-state index in [1.807, 2.05) is 35.4 Å². The van der Waals surface area contributed by atoms with Crippen LogP contribution in [0.4, 0.5) is 23.0 Å². The molecule has 4 N–H and O–H groups in total. The predicted octanol–water partition coefficient (Wildman–Crippen LogP) is 1.40. The average Bonchev–Trinajstić information content (AvgIpc) is 3.26. The van der Waals surface area contributed by atoms with Crippen molar-refractivity contribution >= 4 is 40.1 Å². The van der Waals surface area contributed by atoms with E-state index < -0.39 is 6.61 Å². The van der Waals surface area contributed by atoms with Crippen molar-refractivity contribution in [2.45, 2.75) is 19.8 Å². The lowest BCUT2D eigenvalue weighted by Gasteiger charge is -2.39. The molecule has 5 rings (SSSR count). The summed E-state index contributed by atoms with van der Waals surface area (Å²) >= 11 is 0. The number of hydrogen-bond donors (Lipinski definition) is 3. The molecule has 1 fully saturated rings. The summed E-state index contributed by atoms with van der Waals surface area (Å²) < 4.78 is 0. The molecule has 0 unspecified atom stereocenters. The number of fused-ring (bicyclic) bond motifs is 2. The number of benzene rings is 1. The van der Waals surface area contributed by atoms with Crippen molar-refractivity contribution in [3.8, 4) is 0 Å². The molecule has 0 bridgehead atoms. The predicted molar refractivity (Wildman–Crippen MR) is 123 cm³/mol. The number of H-pyrrole nitrogens is 1. The van der Waals surface area contributed by atoms with Gasteiger partial charge in [0.25, 0.3) is 5.91 Å². The van der Waals surface area contributed by atoms with Gasteiger partial charge in [-0.1, -0.05) is 19.1 Å².